The largest absolute Gasteiger partial charge is 0.451 e. The fourth-order valence-electron chi connectivity index (χ4n) is 4.01. The minimum Gasteiger partial charge on any atom is -0.451 e. The second-order valence-electron chi connectivity index (χ2n) is 8.76. The van der Waals surface area contributed by atoms with Crippen LogP contribution in [0.1, 0.15) is 41.4 Å². The monoisotopic (exact) mass is 439 g/mol. The van der Waals surface area contributed by atoms with Crippen molar-refractivity contribution in [3.05, 3.63) is 53.1 Å². The molecule has 1 unspecified atom stereocenters. The molecule has 170 valence electrons. The van der Waals surface area contributed by atoms with Crippen LogP contribution in [-0.4, -0.2) is 59.1 Å². The van der Waals surface area contributed by atoms with Crippen LogP contribution < -0.4 is 0 Å². The number of para-hydroxylation sites is 1. The van der Waals surface area contributed by atoms with Crippen LogP contribution in [0.15, 0.2) is 39.3 Å². The number of rotatable bonds is 6. The zero-order valence-electron chi connectivity index (χ0n) is 19.0. The molecule has 8 heteroatoms. The standard InChI is InChI=1S/C24H29N3O5/c1-15(2)10-26-11-19(30-14-20-16(3)25-32-17(20)4)12-27(13-23(26)28)24(29)22-9-18-7-5-6-8-21(18)31-22/h5-9,15,19H,10-14H2,1-4H3. The van der Waals surface area contributed by atoms with Crippen molar-refractivity contribution < 1.29 is 23.3 Å². The zero-order chi connectivity index (χ0) is 22.8. The molecule has 0 saturated carbocycles. The fraction of sp³-hybridized carbons (Fsp3) is 0.458. The molecule has 0 radical (unpaired) electrons. The van der Waals surface area contributed by atoms with Crippen molar-refractivity contribution in [1.29, 1.82) is 0 Å². The van der Waals surface area contributed by atoms with Crippen LogP contribution in [0.2, 0.25) is 0 Å². The van der Waals surface area contributed by atoms with E-state index in [0.717, 1.165) is 16.6 Å². The van der Waals surface area contributed by atoms with E-state index in [2.05, 4.69) is 19.0 Å². The number of ether oxygens (including phenoxy) is 1. The molecule has 1 fully saturated rings. The maximum absolute atomic E-state index is 13.3. The number of hydrogen-bond donors (Lipinski definition) is 0. The summed E-state index contributed by atoms with van der Waals surface area (Å²) < 4.78 is 17.2. The topological polar surface area (TPSA) is 89.0 Å². The predicted molar refractivity (Wildman–Crippen MR) is 118 cm³/mol. The van der Waals surface area contributed by atoms with E-state index in [9.17, 15) is 9.59 Å². The van der Waals surface area contributed by atoms with E-state index in [-0.39, 0.29) is 30.2 Å². The summed E-state index contributed by atoms with van der Waals surface area (Å²) in [7, 11) is 0. The van der Waals surface area contributed by atoms with Gasteiger partial charge in [0.05, 0.1) is 18.4 Å². The Morgan fingerprint density at radius 1 is 1.25 bits per heavy atom. The highest BCUT2D eigenvalue weighted by Crippen LogP contribution is 2.22. The highest BCUT2D eigenvalue weighted by molar-refractivity contribution is 5.98. The summed E-state index contributed by atoms with van der Waals surface area (Å²) in [6.45, 7) is 9.47. The van der Waals surface area contributed by atoms with Crippen LogP contribution in [0.25, 0.3) is 11.0 Å². The summed E-state index contributed by atoms with van der Waals surface area (Å²) in [4.78, 5) is 29.6. The van der Waals surface area contributed by atoms with E-state index in [1.807, 2.05) is 38.1 Å². The van der Waals surface area contributed by atoms with Gasteiger partial charge in [-0.15, -0.1) is 0 Å². The van der Waals surface area contributed by atoms with Gasteiger partial charge in [0.1, 0.15) is 17.9 Å². The maximum atomic E-state index is 13.3. The Hall–Kier alpha value is -3.13. The molecule has 8 nitrogen and oxygen atoms in total. The van der Waals surface area contributed by atoms with Crippen molar-refractivity contribution >= 4 is 22.8 Å². The molecule has 1 aliphatic heterocycles. The van der Waals surface area contributed by atoms with Crippen molar-refractivity contribution in [2.24, 2.45) is 5.92 Å². The number of fused-ring (bicyclic) bond motifs is 1. The molecule has 0 aliphatic carbocycles. The van der Waals surface area contributed by atoms with Gasteiger partial charge in [0.2, 0.25) is 5.91 Å². The third kappa shape index (κ3) is 4.70. The van der Waals surface area contributed by atoms with Gasteiger partial charge >= 0.3 is 0 Å². The summed E-state index contributed by atoms with van der Waals surface area (Å²) in [5, 5.41) is 4.82. The van der Waals surface area contributed by atoms with Gasteiger partial charge < -0.3 is 23.5 Å². The summed E-state index contributed by atoms with van der Waals surface area (Å²) in [6.07, 6.45) is -0.345. The summed E-state index contributed by atoms with van der Waals surface area (Å²) in [5.41, 5.74) is 2.32. The number of hydrogen-bond acceptors (Lipinski definition) is 6. The van der Waals surface area contributed by atoms with Crippen molar-refractivity contribution in [2.45, 2.75) is 40.4 Å². The summed E-state index contributed by atoms with van der Waals surface area (Å²) in [6, 6.07) is 9.18. The molecule has 3 aromatic rings. The normalized spacial score (nSPS) is 17.4. The van der Waals surface area contributed by atoms with E-state index in [1.165, 1.54) is 4.90 Å². The summed E-state index contributed by atoms with van der Waals surface area (Å²) >= 11 is 0. The number of nitrogens with zero attached hydrogens (tertiary/aromatic N) is 3. The Morgan fingerprint density at radius 2 is 2.03 bits per heavy atom. The number of benzene rings is 1. The third-order valence-corrected chi connectivity index (χ3v) is 5.68. The lowest BCUT2D eigenvalue weighted by Crippen LogP contribution is -2.40. The lowest BCUT2D eigenvalue weighted by atomic mass is 10.2. The first kappa shape index (κ1) is 22.1. The van der Waals surface area contributed by atoms with Crippen LogP contribution in [-0.2, 0) is 16.1 Å². The Morgan fingerprint density at radius 3 is 2.72 bits per heavy atom. The number of aryl methyl sites for hydroxylation is 2. The maximum Gasteiger partial charge on any atom is 0.290 e. The highest BCUT2D eigenvalue weighted by Gasteiger charge is 2.33. The number of carbonyl (C=O) groups excluding carboxylic acids is 2. The minimum absolute atomic E-state index is 0.00617. The second kappa shape index (κ2) is 9.16. The number of aromatic nitrogens is 1. The van der Waals surface area contributed by atoms with E-state index < -0.39 is 0 Å². The second-order valence-corrected chi connectivity index (χ2v) is 8.76. The molecule has 0 bridgehead atoms. The number of amides is 2. The fourth-order valence-corrected chi connectivity index (χ4v) is 4.01. The van der Waals surface area contributed by atoms with E-state index in [1.54, 1.807) is 11.0 Å². The summed E-state index contributed by atoms with van der Waals surface area (Å²) in [5.74, 6) is 0.834. The Kier molecular flexibility index (Phi) is 6.32. The smallest absolute Gasteiger partial charge is 0.290 e. The lowest BCUT2D eigenvalue weighted by molar-refractivity contribution is -0.132. The van der Waals surface area contributed by atoms with Crippen LogP contribution in [0.5, 0.6) is 0 Å². The molecule has 3 heterocycles. The van der Waals surface area contributed by atoms with Gasteiger partial charge in [-0.1, -0.05) is 37.2 Å². The first-order valence-electron chi connectivity index (χ1n) is 10.9. The average Bonchev–Trinajstić information content (AvgIpc) is 3.28. The lowest BCUT2D eigenvalue weighted by Gasteiger charge is -2.25. The molecule has 1 aromatic carbocycles. The van der Waals surface area contributed by atoms with Crippen LogP contribution >= 0.6 is 0 Å². The zero-order valence-corrected chi connectivity index (χ0v) is 19.0. The van der Waals surface area contributed by atoms with Crippen molar-refractivity contribution in [2.75, 3.05) is 26.2 Å². The molecular weight excluding hydrogens is 410 g/mol. The first-order chi connectivity index (χ1) is 15.3. The Balaban J connectivity index is 1.55. The highest BCUT2D eigenvalue weighted by atomic mass is 16.5. The molecule has 2 aromatic heterocycles. The third-order valence-electron chi connectivity index (χ3n) is 5.68. The van der Waals surface area contributed by atoms with Gasteiger partial charge in [-0.2, -0.15) is 0 Å². The number of carbonyl (C=O) groups is 2. The van der Waals surface area contributed by atoms with Crippen LogP contribution in [0.3, 0.4) is 0 Å². The van der Waals surface area contributed by atoms with Crippen LogP contribution in [0, 0.1) is 19.8 Å². The molecule has 2 amide bonds. The molecular formula is C24H29N3O5. The van der Waals surface area contributed by atoms with Crippen LogP contribution in [0.4, 0.5) is 0 Å². The van der Waals surface area contributed by atoms with Gasteiger partial charge in [0.15, 0.2) is 5.76 Å². The Bertz CT molecular complexity index is 1060. The van der Waals surface area contributed by atoms with Crippen molar-refractivity contribution in [3.63, 3.8) is 0 Å². The van der Waals surface area contributed by atoms with Gasteiger partial charge in [-0.25, -0.2) is 0 Å². The van der Waals surface area contributed by atoms with Crippen molar-refractivity contribution in [3.8, 4) is 0 Å². The Labute approximate surface area is 187 Å². The molecule has 1 aliphatic rings. The van der Waals surface area contributed by atoms with Gasteiger partial charge in [0, 0.05) is 30.6 Å². The number of furan rings is 1. The van der Waals surface area contributed by atoms with E-state index >= 15 is 0 Å². The van der Waals surface area contributed by atoms with Gasteiger partial charge in [-0.3, -0.25) is 9.59 Å². The van der Waals surface area contributed by atoms with Gasteiger partial charge in [-0.05, 0) is 31.9 Å². The van der Waals surface area contributed by atoms with E-state index in [0.29, 0.717) is 43.5 Å². The average molecular weight is 440 g/mol. The van der Waals surface area contributed by atoms with Crippen molar-refractivity contribution in [1.82, 2.24) is 15.0 Å². The van der Waals surface area contributed by atoms with E-state index in [4.69, 9.17) is 13.7 Å². The minimum atomic E-state index is -0.345. The molecule has 32 heavy (non-hydrogen) atoms. The molecule has 1 atom stereocenters. The molecule has 0 spiro atoms. The quantitative estimate of drug-likeness (QED) is 0.583. The SMILES string of the molecule is Cc1noc(C)c1COC1CN(CC(C)C)C(=O)CN(C(=O)c2cc3ccccc3o2)C1. The first-order valence-corrected chi connectivity index (χ1v) is 10.9. The predicted octanol–water partition coefficient (Wildman–Crippen LogP) is 3.56. The van der Waals surface area contributed by atoms with Gasteiger partial charge in [0.25, 0.3) is 5.91 Å². The molecule has 4 rings (SSSR count). The molecule has 0 N–H and O–H groups in total. The molecule has 1 saturated heterocycles.